The van der Waals surface area contributed by atoms with Crippen LogP contribution < -0.4 is 5.32 Å². The van der Waals surface area contributed by atoms with Crippen molar-refractivity contribution in [1.82, 2.24) is 9.97 Å². The summed E-state index contributed by atoms with van der Waals surface area (Å²) >= 11 is 0. The summed E-state index contributed by atoms with van der Waals surface area (Å²) in [5, 5.41) is 3.30. The van der Waals surface area contributed by atoms with Crippen molar-refractivity contribution in [2.75, 3.05) is 26.1 Å². The second-order valence-electron chi connectivity index (χ2n) is 5.94. The van der Waals surface area contributed by atoms with Crippen LogP contribution in [-0.4, -0.2) is 30.7 Å². The minimum Gasteiger partial charge on any atom is -0.378 e. The van der Waals surface area contributed by atoms with Crippen LogP contribution in [0.25, 0.3) is 0 Å². The van der Waals surface area contributed by atoms with Gasteiger partial charge in [-0.3, -0.25) is 0 Å². The summed E-state index contributed by atoms with van der Waals surface area (Å²) < 4.78 is 10.8. The Morgan fingerprint density at radius 1 is 1.25 bits per heavy atom. The van der Waals surface area contributed by atoms with Gasteiger partial charge in [-0.05, 0) is 11.8 Å². The van der Waals surface area contributed by atoms with Crippen molar-refractivity contribution in [3.05, 3.63) is 17.6 Å². The molecule has 20 heavy (non-hydrogen) atoms. The first kappa shape index (κ1) is 16.9. The van der Waals surface area contributed by atoms with Crippen molar-refractivity contribution in [2.45, 2.75) is 46.8 Å². The molecule has 0 spiro atoms. The van der Waals surface area contributed by atoms with Gasteiger partial charge in [0.05, 0.1) is 12.3 Å². The highest BCUT2D eigenvalue weighted by Crippen LogP contribution is 2.34. The Labute approximate surface area is 122 Å². The number of anilines is 1. The maximum Gasteiger partial charge on any atom is 0.160 e. The van der Waals surface area contributed by atoms with Crippen LogP contribution in [-0.2, 0) is 16.1 Å². The average molecular weight is 281 g/mol. The summed E-state index contributed by atoms with van der Waals surface area (Å²) in [4.78, 5) is 9.16. The molecule has 5 nitrogen and oxygen atoms in total. The third kappa shape index (κ3) is 4.72. The van der Waals surface area contributed by atoms with Gasteiger partial charge in [-0.1, -0.05) is 27.7 Å². The summed E-state index contributed by atoms with van der Waals surface area (Å²) in [5.74, 6) is 1.53. The molecule has 1 N–H and O–H groups in total. The van der Waals surface area contributed by atoms with E-state index >= 15 is 0 Å². The van der Waals surface area contributed by atoms with Crippen LogP contribution in [0.5, 0.6) is 0 Å². The topological polar surface area (TPSA) is 56.3 Å². The van der Waals surface area contributed by atoms with Gasteiger partial charge < -0.3 is 14.8 Å². The van der Waals surface area contributed by atoms with Crippen LogP contribution in [0, 0.1) is 5.41 Å². The zero-order chi connectivity index (χ0) is 15.2. The second-order valence-corrected chi connectivity index (χ2v) is 5.94. The Hall–Kier alpha value is -1.20. The van der Waals surface area contributed by atoms with Crippen molar-refractivity contribution >= 4 is 5.82 Å². The summed E-state index contributed by atoms with van der Waals surface area (Å²) in [5.41, 5.74) is 0.796. The van der Waals surface area contributed by atoms with Crippen molar-refractivity contribution in [3.63, 3.8) is 0 Å². The van der Waals surface area contributed by atoms with Gasteiger partial charge in [-0.25, -0.2) is 9.97 Å². The van der Waals surface area contributed by atoms with Gasteiger partial charge in [0.15, 0.2) is 5.82 Å². The Balaban J connectivity index is 3.12. The number of hydrogen-bond acceptors (Lipinski definition) is 5. The Morgan fingerprint density at radius 2 is 1.95 bits per heavy atom. The molecule has 0 aliphatic carbocycles. The highest BCUT2D eigenvalue weighted by Gasteiger charge is 2.29. The minimum atomic E-state index is -0.151. The van der Waals surface area contributed by atoms with E-state index in [4.69, 9.17) is 9.47 Å². The Kier molecular flexibility index (Phi) is 6.36. The van der Waals surface area contributed by atoms with E-state index in [1.807, 2.05) is 6.07 Å². The molecule has 0 aliphatic heterocycles. The first-order chi connectivity index (χ1) is 9.42. The first-order valence-electron chi connectivity index (χ1n) is 7.05. The molecule has 0 saturated heterocycles. The van der Waals surface area contributed by atoms with Crippen molar-refractivity contribution in [1.29, 1.82) is 0 Å². The number of nitrogens with zero attached hydrogens (tertiary/aromatic N) is 2. The molecule has 1 heterocycles. The highest BCUT2D eigenvalue weighted by atomic mass is 16.5. The minimum absolute atomic E-state index is 0.0670. The van der Waals surface area contributed by atoms with Gasteiger partial charge in [0, 0.05) is 26.8 Å². The molecule has 1 aromatic heterocycles. The van der Waals surface area contributed by atoms with Crippen LogP contribution >= 0.6 is 0 Å². The van der Waals surface area contributed by atoms with Crippen LogP contribution in [0.3, 0.4) is 0 Å². The lowest BCUT2D eigenvalue weighted by molar-refractivity contribution is 0.00836. The van der Waals surface area contributed by atoms with E-state index in [1.165, 1.54) is 0 Å². The molecular weight excluding hydrogens is 254 g/mol. The SMILES string of the molecule is CCCNc1cc(COC)nc(C(OC)C(C)(C)C)n1. The number of ether oxygens (including phenoxy) is 2. The molecule has 0 amide bonds. The largest absolute Gasteiger partial charge is 0.378 e. The van der Waals surface area contributed by atoms with Gasteiger partial charge in [0.1, 0.15) is 11.9 Å². The van der Waals surface area contributed by atoms with Crippen LogP contribution in [0.15, 0.2) is 6.07 Å². The standard InChI is InChI=1S/C15H27N3O2/c1-7-8-16-12-9-11(10-19-5)17-14(18-12)13(20-6)15(2,3)4/h9,13H,7-8,10H2,1-6H3,(H,16,17,18). The zero-order valence-corrected chi connectivity index (χ0v) is 13.5. The molecular formula is C15H27N3O2. The molecule has 114 valence electrons. The lowest BCUT2D eigenvalue weighted by Gasteiger charge is -2.28. The van der Waals surface area contributed by atoms with Gasteiger partial charge in [-0.15, -0.1) is 0 Å². The first-order valence-corrected chi connectivity index (χ1v) is 7.05. The van der Waals surface area contributed by atoms with E-state index in [0.29, 0.717) is 12.4 Å². The third-order valence-electron chi connectivity index (χ3n) is 2.90. The fourth-order valence-corrected chi connectivity index (χ4v) is 2.05. The summed E-state index contributed by atoms with van der Waals surface area (Å²) in [6.45, 7) is 9.83. The lowest BCUT2D eigenvalue weighted by Crippen LogP contribution is -2.23. The normalized spacial score (nSPS) is 13.3. The second kappa shape index (κ2) is 7.55. The molecule has 0 saturated carbocycles. The van der Waals surface area contributed by atoms with E-state index in [-0.39, 0.29) is 11.5 Å². The smallest absolute Gasteiger partial charge is 0.160 e. The number of nitrogens with one attached hydrogen (secondary N) is 1. The Morgan fingerprint density at radius 3 is 2.45 bits per heavy atom. The van der Waals surface area contributed by atoms with Crippen LogP contribution in [0.1, 0.15) is 51.7 Å². The van der Waals surface area contributed by atoms with E-state index in [2.05, 4.69) is 43.0 Å². The molecule has 5 heteroatoms. The number of methoxy groups -OCH3 is 2. The van der Waals surface area contributed by atoms with E-state index in [0.717, 1.165) is 24.5 Å². The monoisotopic (exact) mass is 281 g/mol. The summed E-state index contributed by atoms with van der Waals surface area (Å²) in [6.07, 6.45) is 0.896. The third-order valence-corrected chi connectivity index (χ3v) is 2.90. The molecule has 0 fully saturated rings. The average Bonchev–Trinajstić information content (AvgIpc) is 2.35. The zero-order valence-electron chi connectivity index (χ0n) is 13.5. The molecule has 1 aromatic rings. The maximum atomic E-state index is 5.60. The van der Waals surface area contributed by atoms with E-state index in [9.17, 15) is 0 Å². The van der Waals surface area contributed by atoms with E-state index in [1.54, 1.807) is 14.2 Å². The molecule has 0 aromatic carbocycles. The maximum absolute atomic E-state index is 5.60. The van der Waals surface area contributed by atoms with Crippen LogP contribution in [0.4, 0.5) is 5.82 Å². The fourth-order valence-electron chi connectivity index (χ4n) is 2.05. The van der Waals surface area contributed by atoms with Gasteiger partial charge in [0.2, 0.25) is 0 Å². The molecule has 0 radical (unpaired) electrons. The Bertz CT molecular complexity index is 416. The van der Waals surface area contributed by atoms with E-state index < -0.39 is 0 Å². The predicted molar refractivity (Wildman–Crippen MR) is 80.7 cm³/mol. The summed E-state index contributed by atoms with van der Waals surface area (Å²) in [7, 11) is 3.36. The van der Waals surface area contributed by atoms with Crippen LogP contribution in [0.2, 0.25) is 0 Å². The number of aromatic nitrogens is 2. The number of rotatable bonds is 7. The quantitative estimate of drug-likeness (QED) is 0.832. The van der Waals surface area contributed by atoms with Gasteiger partial charge in [-0.2, -0.15) is 0 Å². The predicted octanol–water partition coefficient (Wildman–Crippen LogP) is 3.18. The van der Waals surface area contributed by atoms with Crippen molar-refractivity contribution in [3.8, 4) is 0 Å². The highest BCUT2D eigenvalue weighted by molar-refractivity contribution is 5.36. The fraction of sp³-hybridized carbons (Fsp3) is 0.733. The van der Waals surface area contributed by atoms with Gasteiger partial charge >= 0.3 is 0 Å². The molecule has 0 bridgehead atoms. The lowest BCUT2D eigenvalue weighted by atomic mass is 9.88. The molecule has 1 rings (SSSR count). The molecule has 1 unspecified atom stereocenters. The van der Waals surface area contributed by atoms with Crippen molar-refractivity contribution < 1.29 is 9.47 Å². The molecule has 0 aliphatic rings. The van der Waals surface area contributed by atoms with Crippen molar-refractivity contribution in [2.24, 2.45) is 5.41 Å². The molecule has 1 atom stereocenters. The number of hydrogen-bond donors (Lipinski definition) is 1. The van der Waals surface area contributed by atoms with Gasteiger partial charge in [0.25, 0.3) is 0 Å². The summed E-state index contributed by atoms with van der Waals surface area (Å²) in [6, 6.07) is 1.93.